The van der Waals surface area contributed by atoms with Crippen molar-refractivity contribution in [3.05, 3.63) is 47.7 Å². The van der Waals surface area contributed by atoms with E-state index in [1.807, 2.05) is 31.2 Å². The molecule has 0 aliphatic rings. The lowest BCUT2D eigenvalue weighted by Crippen LogP contribution is -2.13. The molecule has 0 saturated carbocycles. The number of carbonyl (C=O) groups excluding carboxylic acids is 1. The second-order valence-electron chi connectivity index (χ2n) is 4.03. The van der Waals surface area contributed by atoms with E-state index in [1.165, 1.54) is 12.3 Å². The molecule has 1 aromatic heterocycles. The van der Waals surface area contributed by atoms with Gasteiger partial charge in [-0.25, -0.2) is 4.98 Å². The van der Waals surface area contributed by atoms with Crippen LogP contribution in [0.5, 0.6) is 11.5 Å². The number of aromatic nitrogens is 1. The summed E-state index contributed by atoms with van der Waals surface area (Å²) in [5, 5.41) is 0. The van der Waals surface area contributed by atoms with Crippen LogP contribution in [0.4, 0.5) is 5.82 Å². The molecule has 5 nitrogen and oxygen atoms in total. The van der Waals surface area contributed by atoms with Gasteiger partial charge in [-0.2, -0.15) is 0 Å². The van der Waals surface area contributed by atoms with Crippen LogP contribution in [-0.2, 0) is 6.42 Å². The van der Waals surface area contributed by atoms with Crippen LogP contribution >= 0.6 is 0 Å². The normalized spacial score (nSPS) is 10.2. The lowest BCUT2D eigenvalue weighted by atomic mass is 10.1. The van der Waals surface area contributed by atoms with Gasteiger partial charge in [-0.3, -0.25) is 4.79 Å². The topological polar surface area (TPSA) is 91.2 Å². The molecule has 0 unspecified atom stereocenters. The predicted octanol–water partition coefficient (Wildman–Crippen LogP) is 2.12. The van der Waals surface area contributed by atoms with Crippen molar-refractivity contribution in [2.45, 2.75) is 13.3 Å². The van der Waals surface area contributed by atoms with E-state index in [0.29, 0.717) is 11.5 Å². The summed E-state index contributed by atoms with van der Waals surface area (Å²) < 4.78 is 5.73. The Labute approximate surface area is 111 Å². The zero-order valence-electron chi connectivity index (χ0n) is 10.6. The molecule has 5 heteroatoms. The molecule has 0 bridgehead atoms. The Morgan fingerprint density at radius 1 is 1.32 bits per heavy atom. The molecule has 1 amide bonds. The van der Waals surface area contributed by atoms with E-state index in [0.717, 1.165) is 12.0 Å². The number of pyridine rings is 1. The molecule has 4 N–H and O–H groups in total. The lowest BCUT2D eigenvalue weighted by Gasteiger charge is -2.12. The number of nitrogen functional groups attached to an aromatic ring is 1. The molecule has 1 heterocycles. The molecule has 0 atom stereocenters. The summed E-state index contributed by atoms with van der Waals surface area (Å²) in [5.74, 6) is 0.615. The summed E-state index contributed by atoms with van der Waals surface area (Å²) in [6.45, 7) is 2.03. The highest BCUT2D eigenvalue weighted by Gasteiger charge is 2.13. The fourth-order valence-electron chi connectivity index (χ4n) is 1.75. The molecule has 0 fully saturated rings. The highest BCUT2D eigenvalue weighted by Crippen LogP contribution is 2.28. The highest BCUT2D eigenvalue weighted by atomic mass is 16.5. The van der Waals surface area contributed by atoms with Gasteiger partial charge >= 0.3 is 0 Å². The van der Waals surface area contributed by atoms with Gasteiger partial charge in [-0.1, -0.05) is 25.1 Å². The van der Waals surface area contributed by atoms with Crippen molar-refractivity contribution in [2.24, 2.45) is 5.73 Å². The number of nitrogens with two attached hydrogens (primary N) is 2. The van der Waals surface area contributed by atoms with Gasteiger partial charge in [0, 0.05) is 0 Å². The summed E-state index contributed by atoms with van der Waals surface area (Å²) in [6, 6.07) is 9.00. The van der Waals surface area contributed by atoms with Gasteiger partial charge in [0.15, 0.2) is 5.75 Å². The minimum absolute atomic E-state index is 0.221. The number of aryl methyl sites for hydroxylation is 1. The quantitative estimate of drug-likeness (QED) is 0.877. The number of nitrogens with zero attached hydrogens (tertiary/aromatic N) is 1. The second kappa shape index (κ2) is 5.39. The van der Waals surface area contributed by atoms with E-state index in [2.05, 4.69) is 4.98 Å². The van der Waals surface area contributed by atoms with Crippen LogP contribution in [0.2, 0.25) is 0 Å². The minimum atomic E-state index is -0.599. The SMILES string of the molecule is CCc1ccccc1Oc1cnc(N)cc1C(N)=O. The van der Waals surface area contributed by atoms with E-state index >= 15 is 0 Å². The molecule has 0 saturated heterocycles. The van der Waals surface area contributed by atoms with E-state index in [1.54, 1.807) is 0 Å². The first kappa shape index (κ1) is 12.9. The van der Waals surface area contributed by atoms with Crippen molar-refractivity contribution in [3.63, 3.8) is 0 Å². The predicted molar refractivity (Wildman–Crippen MR) is 73.1 cm³/mol. The molecule has 0 aliphatic carbocycles. The van der Waals surface area contributed by atoms with Gasteiger partial charge in [0.05, 0.1) is 11.8 Å². The Bertz CT molecular complexity index is 611. The number of carbonyl (C=O) groups is 1. The third kappa shape index (κ3) is 2.82. The van der Waals surface area contributed by atoms with Gasteiger partial charge < -0.3 is 16.2 Å². The average molecular weight is 257 g/mol. The number of para-hydroxylation sites is 1. The number of anilines is 1. The van der Waals surface area contributed by atoms with Crippen molar-refractivity contribution in [1.82, 2.24) is 4.98 Å². The number of amides is 1. The molecule has 0 aliphatic heterocycles. The first-order chi connectivity index (χ1) is 9.11. The van der Waals surface area contributed by atoms with Crippen LogP contribution in [0.1, 0.15) is 22.8 Å². The van der Waals surface area contributed by atoms with Gasteiger partial charge in [-0.15, -0.1) is 0 Å². The number of benzene rings is 1. The van der Waals surface area contributed by atoms with Gasteiger partial charge in [0.1, 0.15) is 11.6 Å². The summed E-state index contributed by atoms with van der Waals surface area (Å²) in [7, 11) is 0. The third-order valence-corrected chi connectivity index (χ3v) is 2.73. The third-order valence-electron chi connectivity index (χ3n) is 2.73. The van der Waals surface area contributed by atoms with Crippen LogP contribution in [0.15, 0.2) is 36.5 Å². The van der Waals surface area contributed by atoms with Crippen molar-refractivity contribution in [3.8, 4) is 11.5 Å². The van der Waals surface area contributed by atoms with Gasteiger partial charge in [-0.05, 0) is 24.1 Å². The van der Waals surface area contributed by atoms with Crippen LogP contribution in [0, 0.1) is 0 Å². The van der Waals surface area contributed by atoms with Crippen molar-refractivity contribution in [1.29, 1.82) is 0 Å². The molecular weight excluding hydrogens is 242 g/mol. The van der Waals surface area contributed by atoms with E-state index in [9.17, 15) is 4.79 Å². The number of primary amides is 1. The first-order valence-corrected chi connectivity index (χ1v) is 5.93. The number of hydrogen-bond acceptors (Lipinski definition) is 4. The molecule has 1 aromatic carbocycles. The fourth-order valence-corrected chi connectivity index (χ4v) is 1.75. The molecule has 2 rings (SSSR count). The molecule has 98 valence electrons. The van der Waals surface area contributed by atoms with E-state index in [-0.39, 0.29) is 11.4 Å². The second-order valence-corrected chi connectivity index (χ2v) is 4.03. The van der Waals surface area contributed by atoms with Crippen LogP contribution in [0.3, 0.4) is 0 Å². The van der Waals surface area contributed by atoms with Crippen molar-refractivity contribution < 1.29 is 9.53 Å². The summed E-state index contributed by atoms with van der Waals surface area (Å²) in [6.07, 6.45) is 2.23. The monoisotopic (exact) mass is 257 g/mol. The Morgan fingerprint density at radius 2 is 2.05 bits per heavy atom. The van der Waals surface area contributed by atoms with Gasteiger partial charge in [0.2, 0.25) is 0 Å². The molecule has 19 heavy (non-hydrogen) atoms. The van der Waals surface area contributed by atoms with Crippen LogP contribution < -0.4 is 16.2 Å². The largest absolute Gasteiger partial charge is 0.455 e. The fraction of sp³-hybridized carbons (Fsp3) is 0.143. The molecular formula is C14H15N3O2. The van der Waals surface area contributed by atoms with Crippen LogP contribution in [-0.4, -0.2) is 10.9 Å². The van der Waals surface area contributed by atoms with E-state index in [4.69, 9.17) is 16.2 Å². The average Bonchev–Trinajstić information content (AvgIpc) is 2.41. The minimum Gasteiger partial charge on any atom is -0.455 e. The smallest absolute Gasteiger partial charge is 0.252 e. The van der Waals surface area contributed by atoms with E-state index < -0.39 is 5.91 Å². The summed E-state index contributed by atoms with van der Waals surface area (Å²) in [4.78, 5) is 15.3. The number of rotatable bonds is 4. The zero-order chi connectivity index (χ0) is 13.8. The lowest BCUT2D eigenvalue weighted by molar-refractivity contribution is 0.0998. The maximum absolute atomic E-state index is 11.4. The summed E-state index contributed by atoms with van der Waals surface area (Å²) in [5.41, 5.74) is 12.1. The number of ether oxygens (including phenoxy) is 1. The highest BCUT2D eigenvalue weighted by molar-refractivity contribution is 5.96. The van der Waals surface area contributed by atoms with Gasteiger partial charge in [0.25, 0.3) is 5.91 Å². The molecule has 0 radical (unpaired) electrons. The maximum Gasteiger partial charge on any atom is 0.252 e. The van der Waals surface area contributed by atoms with Crippen molar-refractivity contribution in [2.75, 3.05) is 5.73 Å². The standard InChI is InChI=1S/C14H15N3O2/c1-2-9-5-3-4-6-11(9)19-12-8-17-13(15)7-10(12)14(16)18/h3-8H,2H2,1H3,(H2,15,17)(H2,16,18). The van der Waals surface area contributed by atoms with Crippen molar-refractivity contribution >= 4 is 11.7 Å². The summed E-state index contributed by atoms with van der Waals surface area (Å²) >= 11 is 0. The Hall–Kier alpha value is -2.56. The Balaban J connectivity index is 2.41. The van der Waals surface area contributed by atoms with Crippen LogP contribution in [0.25, 0.3) is 0 Å². The molecule has 2 aromatic rings. The number of hydrogen-bond donors (Lipinski definition) is 2. The molecule has 0 spiro atoms. The first-order valence-electron chi connectivity index (χ1n) is 5.93. The Kier molecular flexibility index (Phi) is 3.66. The maximum atomic E-state index is 11.4. The zero-order valence-corrected chi connectivity index (χ0v) is 10.6. The Morgan fingerprint density at radius 3 is 2.74 bits per heavy atom.